The fourth-order valence-electron chi connectivity index (χ4n) is 2.44. The maximum Gasteiger partial charge on any atom is 0.262 e. The van der Waals surface area contributed by atoms with Gasteiger partial charge in [0, 0.05) is 12.7 Å². The van der Waals surface area contributed by atoms with Gasteiger partial charge in [-0.1, -0.05) is 26.0 Å². The number of aromatic nitrogens is 1. The molecule has 0 radical (unpaired) electrons. The van der Waals surface area contributed by atoms with Crippen molar-refractivity contribution in [2.45, 2.75) is 26.8 Å². The predicted molar refractivity (Wildman–Crippen MR) is 96.0 cm³/mol. The fraction of sp³-hybridized carbons (Fsp3) is 0.368. The molecule has 0 aliphatic carbocycles. The summed E-state index contributed by atoms with van der Waals surface area (Å²) in [6.45, 7) is 7.32. The molecule has 2 rings (SSSR count). The van der Waals surface area contributed by atoms with E-state index >= 15 is 0 Å². The van der Waals surface area contributed by atoms with E-state index < -0.39 is 0 Å². The summed E-state index contributed by atoms with van der Waals surface area (Å²) in [6.07, 6.45) is 4.40. The molecular formula is C19H25N3O2. The van der Waals surface area contributed by atoms with Crippen LogP contribution in [0.4, 0.5) is 5.69 Å². The van der Waals surface area contributed by atoms with Gasteiger partial charge in [0.2, 0.25) is 0 Å². The van der Waals surface area contributed by atoms with E-state index in [-0.39, 0.29) is 12.5 Å². The topological polar surface area (TPSA) is 54.5 Å². The zero-order valence-electron chi connectivity index (χ0n) is 14.4. The molecule has 0 unspecified atom stereocenters. The molecule has 2 aromatic rings. The van der Waals surface area contributed by atoms with Crippen molar-refractivity contribution in [2.24, 2.45) is 0 Å². The molecule has 1 heterocycles. The van der Waals surface area contributed by atoms with Gasteiger partial charge in [-0.25, -0.2) is 0 Å². The molecule has 0 aliphatic rings. The average Bonchev–Trinajstić information content (AvgIpc) is 2.61. The zero-order valence-corrected chi connectivity index (χ0v) is 14.4. The quantitative estimate of drug-likeness (QED) is 0.767. The Morgan fingerprint density at radius 3 is 2.83 bits per heavy atom. The van der Waals surface area contributed by atoms with Gasteiger partial charge < -0.3 is 10.1 Å². The van der Waals surface area contributed by atoms with Gasteiger partial charge in [0.1, 0.15) is 5.75 Å². The summed E-state index contributed by atoms with van der Waals surface area (Å²) in [5, 5.41) is 2.75. The minimum atomic E-state index is -0.199. The molecule has 0 fully saturated rings. The van der Waals surface area contributed by atoms with E-state index in [1.165, 1.54) is 5.56 Å². The lowest BCUT2D eigenvalue weighted by molar-refractivity contribution is -0.118. The summed E-state index contributed by atoms with van der Waals surface area (Å²) < 4.78 is 5.60. The second-order valence-corrected chi connectivity index (χ2v) is 5.59. The molecule has 1 N–H and O–H groups in total. The number of carbonyl (C=O) groups excluding carboxylic acids is 1. The van der Waals surface area contributed by atoms with Gasteiger partial charge in [0.05, 0.1) is 11.9 Å². The van der Waals surface area contributed by atoms with Crippen molar-refractivity contribution in [3.05, 3.63) is 54.4 Å². The van der Waals surface area contributed by atoms with Crippen LogP contribution in [0.1, 0.15) is 25.8 Å². The third-order valence-corrected chi connectivity index (χ3v) is 3.61. The number of pyridine rings is 1. The Kier molecular flexibility index (Phi) is 7.23. The van der Waals surface area contributed by atoms with E-state index in [2.05, 4.69) is 35.1 Å². The number of amides is 1. The van der Waals surface area contributed by atoms with Gasteiger partial charge in [-0.15, -0.1) is 0 Å². The van der Waals surface area contributed by atoms with E-state index in [0.29, 0.717) is 11.4 Å². The minimum Gasteiger partial charge on any atom is -0.484 e. The second kappa shape index (κ2) is 9.67. The Hall–Kier alpha value is -2.40. The van der Waals surface area contributed by atoms with E-state index in [9.17, 15) is 4.79 Å². The first-order valence-electron chi connectivity index (χ1n) is 8.35. The number of hydrogen-bond acceptors (Lipinski definition) is 4. The smallest absolute Gasteiger partial charge is 0.262 e. The summed E-state index contributed by atoms with van der Waals surface area (Å²) in [5.41, 5.74) is 1.86. The van der Waals surface area contributed by atoms with Crippen LogP contribution in [0.5, 0.6) is 5.75 Å². The van der Waals surface area contributed by atoms with Crippen molar-refractivity contribution in [1.29, 1.82) is 0 Å². The second-order valence-electron chi connectivity index (χ2n) is 5.59. The zero-order chi connectivity index (χ0) is 17.2. The van der Waals surface area contributed by atoms with Crippen LogP contribution in [-0.2, 0) is 11.3 Å². The van der Waals surface area contributed by atoms with Crippen LogP contribution in [0, 0.1) is 0 Å². The molecule has 0 saturated carbocycles. The molecule has 128 valence electrons. The SMILES string of the molecule is CCCN(CC)Cc1cccc(OCC(=O)Nc2cccnc2)c1. The first-order chi connectivity index (χ1) is 11.7. The first-order valence-corrected chi connectivity index (χ1v) is 8.35. The van der Waals surface area contributed by atoms with Crippen molar-refractivity contribution in [1.82, 2.24) is 9.88 Å². The average molecular weight is 327 g/mol. The van der Waals surface area contributed by atoms with Crippen LogP contribution in [0.2, 0.25) is 0 Å². The molecule has 24 heavy (non-hydrogen) atoms. The van der Waals surface area contributed by atoms with E-state index in [1.54, 1.807) is 24.5 Å². The normalized spacial score (nSPS) is 10.6. The van der Waals surface area contributed by atoms with E-state index in [4.69, 9.17) is 4.74 Å². The maximum absolute atomic E-state index is 11.9. The van der Waals surface area contributed by atoms with Gasteiger partial charge in [-0.3, -0.25) is 14.7 Å². The molecule has 1 aromatic heterocycles. The molecule has 1 aromatic carbocycles. The van der Waals surface area contributed by atoms with Crippen molar-refractivity contribution < 1.29 is 9.53 Å². The number of nitrogens with zero attached hydrogens (tertiary/aromatic N) is 2. The highest BCUT2D eigenvalue weighted by molar-refractivity contribution is 5.91. The van der Waals surface area contributed by atoms with Gasteiger partial charge in [-0.05, 0) is 49.3 Å². The standard InChI is InChI=1S/C19H25N3O2/c1-3-11-22(4-2)14-16-7-5-9-18(12-16)24-15-19(23)21-17-8-6-10-20-13-17/h5-10,12-13H,3-4,11,14-15H2,1-2H3,(H,21,23). The molecule has 1 amide bonds. The summed E-state index contributed by atoms with van der Waals surface area (Å²) in [4.78, 5) is 18.2. The summed E-state index contributed by atoms with van der Waals surface area (Å²) in [6, 6.07) is 11.5. The number of ether oxygens (including phenoxy) is 1. The Morgan fingerprint density at radius 2 is 2.12 bits per heavy atom. The van der Waals surface area contributed by atoms with Crippen molar-refractivity contribution in [3.8, 4) is 5.75 Å². The van der Waals surface area contributed by atoms with Crippen molar-refractivity contribution >= 4 is 11.6 Å². The maximum atomic E-state index is 11.9. The Balaban J connectivity index is 1.86. The summed E-state index contributed by atoms with van der Waals surface area (Å²) in [7, 11) is 0. The van der Waals surface area contributed by atoms with Crippen LogP contribution in [0.3, 0.4) is 0 Å². The highest BCUT2D eigenvalue weighted by Crippen LogP contribution is 2.15. The minimum absolute atomic E-state index is 0.0230. The van der Waals surface area contributed by atoms with E-state index in [1.807, 2.05) is 18.2 Å². The van der Waals surface area contributed by atoms with E-state index in [0.717, 1.165) is 26.1 Å². The lowest BCUT2D eigenvalue weighted by Crippen LogP contribution is -2.23. The Labute approximate surface area is 143 Å². The van der Waals surface area contributed by atoms with Crippen molar-refractivity contribution in [2.75, 3.05) is 25.0 Å². The van der Waals surface area contributed by atoms with Crippen LogP contribution < -0.4 is 10.1 Å². The molecule has 5 heteroatoms. The number of anilines is 1. The number of benzene rings is 1. The fourth-order valence-corrected chi connectivity index (χ4v) is 2.44. The molecule has 0 saturated heterocycles. The lowest BCUT2D eigenvalue weighted by atomic mass is 10.2. The molecule has 0 aliphatic heterocycles. The van der Waals surface area contributed by atoms with Crippen molar-refractivity contribution in [3.63, 3.8) is 0 Å². The molecular weight excluding hydrogens is 302 g/mol. The number of rotatable bonds is 9. The molecule has 0 atom stereocenters. The summed E-state index contributed by atoms with van der Waals surface area (Å²) >= 11 is 0. The van der Waals surface area contributed by atoms with Crippen LogP contribution in [-0.4, -0.2) is 35.5 Å². The van der Waals surface area contributed by atoms with Gasteiger partial charge in [0.25, 0.3) is 5.91 Å². The van der Waals surface area contributed by atoms with Crippen LogP contribution in [0.25, 0.3) is 0 Å². The Bertz CT molecular complexity index is 632. The molecule has 0 spiro atoms. The molecule has 5 nitrogen and oxygen atoms in total. The third-order valence-electron chi connectivity index (χ3n) is 3.61. The third kappa shape index (κ3) is 6.01. The highest BCUT2D eigenvalue weighted by atomic mass is 16.5. The number of carbonyl (C=O) groups is 1. The first kappa shape index (κ1) is 17.9. The van der Waals surface area contributed by atoms with Crippen LogP contribution >= 0.6 is 0 Å². The monoisotopic (exact) mass is 327 g/mol. The largest absolute Gasteiger partial charge is 0.484 e. The number of nitrogens with one attached hydrogen (secondary N) is 1. The number of hydrogen-bond donors (Lipinski definition) is 1. The predicted octanol–water partition coefficient (Wildman–Crippen LogP) is 3.33. The van der Waals surface area contributed by atoms with Gasteiger partial charge in [-0.2, -0.15) is 0 Å². The summed E-state index contributed by atoms with van der Waals surface area (Å²) in [5.74, 6) is 0.510. The highest BCUT2D eigenvalue weighted by Gasteiger charge is 2.06. The lowest BCUT2D eigenvalue weighted by Gasteiger charge is -2.19. The van der Waals surface area contributed by atoms with Crippen LogP contribution in [0.15, 0.2) is 48.8 Å². The van der Waals surface area contributed by atoms with Gasteiger partial charge in [0.15, 0.2) is 6.61 Å². The van der Waals surface area contributed by atoms with Gasteiger partial charge >= 0.3 is 0 Å². The molecule has 0 bridgehead atoms. The Morgan fingerprint density at radius 1 is 1.25 bits per heavy atom.